The molecule has 0 amide bonds. The molecule has 0 fully saturated rings. The van der Waals surface area contributed by atoms with E-state index in [4.69, 9.17) is 11.0 Å². The van der Waals surface area contributed by atoms with Crippen molar-refractivity contribution in [3.8, 4) is 16.5 Å². The van der Waals surface area contributed by atoms with Gasteiger partial charge in [0, 0.05) is 9.35 Å². The van der Waals surface area contributed by atoms with Crippen LogP contribution < -0.4 is 5.73 Å². The van der Waals surface area contributed by atoms with Crippen molar-refractivity contribution in [1.29, 1.82) is 5.26 Å². The number of nitriles is 1. The summed E-state index contributed by atoms with van der Waals surface area (Å²) in [5.74, 6) is 0. The van der Waals surface area contributed by atoms with Crippen molar-refractivity contribution in [3.05, 3.63) is 38.7 Å². The van der Waals surface area contributed by atoms with Gasteiger partial charge in [-0.25, -0.2) is 0 Å². The van der Waals surface area contributed by atoms with Gasteiger partial charge in [-0.1, -0.05) is 41.4 Å². The molecule has 2 aromatic rings. The van der Waals surface area contributed by atoms with Gasteiger partial charge in [-0.3, -0.25) is 0 Å². The smallest absolute Gasteiger partial charge is 0.128 e. The SMILES string of the molecule is CCCc1c(-c2cccc(Br)c2C)sc(C#N)c1N. The maximum absolute atomic E-state index is 9.17. The summed E-state index contributed by atoms with van der Waals surface area (Å²) in [6.07, 6.45) is 1.93. The number of benzene rings is 1. The summed E-state index contributed by atoms with van der Waals surface area (Å²) in [6.45, 7) is 4.21. The first-order chi connectivity index (χ1) is 9.10. The Morgan fingerprint density at radius 2 is 2.16 bits per heavy atom. The van der Waals surface area contributed by atoms with Crippen LogP contribution in [0.2, 0.25) is 0 Å². The number of nitrogens with zero attached hydrogens (tertiary/aromatic N) is 1. The number of thiophene rings is 1. The van der Waals surface area contributed by atoms with Crippen molar-refractivity contribution in [2.45, 2.75) is 26.7 Å². The summed E-state index contributed by atoms with van der Waals surface area (Å²) in [5, 5.41) is 9.17. The normalized spacial score (nSPS) is 10.4. The molecule has 2 N–H and O–H groups in total. The van der Waals surface area contributed by atoms with Crippen LogP contribution in [0.5, 0.6) is 0 Å². The Kier molecular flexibility index (Phi) is 4.28. The second kappa shape index (κ2) is 5.77. The Morgan fingerprint density at radius 3 is 2.79 bits per heavy atom. The van der Waals surface area contributed by atoms with Crippen molar-refractivity contribution in [3.63, 3.8) is 0 Å². The Morgan fingerprint density at radius 1 is 1.42 bits per heavy atom. The Bertz CT molecular complexity index is 653. The molecule has 0 bridgehead atoms. The van der Waals surface area contributed by atoms with Crippen molar-refractivity contribution in [2.24, 2.45) is 0 Å². The third kappa shape index (κ3) is 2.54. The van der Waals surface area contributed by atoms with E-state index in [1.54, 1.807) is 0 Å². The van der Waals surface area contributed by atoms with Crippen molar-refractivity contribution in [1.82, 2.24) is 0 Å². The van der Waals surface area contributed by atoms with Crippen molar-refractivity contribution < 1.29 is 0 Å². The average Bonchev–Trinajstić information content (AvgIpc) is 2.71. The highest BCUT2D eigenvalue weighted by molar-refractivity contribution is 9.10. The number of hydrogen-bond donors (Lipinski definition) is 1. The lowest BCUT2D eigenvalue weighted by atomic mass is 10.0. The molecule has 0 unspecified atom stereocenters. The van der Waals surface area contributed by atoms with Gasteiger partial charge in [-0.15, -0.1) is 11.3 Å². The maximum atomic E-state index is 9.17. The van der Waals surface area contributed by atoms with E-state index in [-0.39, 0.29) is 0 Å². The van der Waals surface area contributed by atoms with Gasteiger partial charge in [0.05, 0.1) is 5.69 Å². The zero-order valence-electron chi connectivity index (χ0n) is 11.0. The molecule has 0 aliphatic carbocycles. The van der Waals surface area contributed by atoms with Gasteiger partial charge in [0.25, 0.3) is 0 Å². The lowest BCUT2D eigenvalue weighted by Crippen LogP contribution is -1.94. The molecule has 0 atom stereocenters. The number of anilines is 1. The molecule has 4 heteroatoms. The third-order valence-corrected chi connectivity index (χ3v) is 5.21. The average molecular weight is 335 g/mol. The van der Waals surface area contributed by atoms with Crippen LogP contribution in [0.25, 0.3) is 10.4 Å². The van der Waals surface area contributed by atoms with Gasteiger partial charge < -0.3 is 5.73 Å². The second-order valence-electron chi connectivity index (χ2n) is 4.43. The molecule has 1 aromatic heterocycles. The van der Waals surface area contributed by atoms with Gasteiger partial charge in [-0.05, 0) is 36.1 Å². The van der Waals surface area contributed by atoms with E-state index in [0.29, 0.717) is 10.6 Å². The molecule has 0 radical (unpaired) electrons. The summed E-state index contributed by atoms with van der Waals surface area (Å²) in [5.41, 5.74) is 10.2. The fourth-order valence-corrected chi connectivity index (χ4v) is 3.65. The topological polar surface area (TPSA) is 49.8 Å². The standard InChI is InChI=1S/C15H15BrN2S/c1-3-5-11-14(18)13(8-17)19-15(11)10-6-4-7-12(16)9(10)2/h4,6-7H,3,5,18H2,1-2H3. The Labute approximate surface area is 126 Å². The van der Waals surface area contributed by atoms with Crippen LogP contribution >= 0.6 is 27.3 Å². The fourth-order valence-electron chi connectivity index (χ4n) is 2.13. The predicted octanol–water partition coefficient (Wildman–Crippen LogP) is 4.89. The minimum absolute atomic E-state index is 0.623. The molecule has 98 valence electrons. The van der Waals surface area contributed by atoms with E-state index >= 15 is 0 Å². The third-order valence-electron chi connectivity index (χ3n) is 3.16. The van der Waals surface area contributed by atoms with Crippen LogP contribution in [-0.4, -0.2) is 0 Å². The van der Waals surface area contributed by atoms with E-state index in [9.17, 15) is 0 Å². The number of halogens is 1. The van der Waals surface area contributed by atoms with E-state index in [1.807, 2.05) is 12.1 Å². The van der Waals surface area contributed by atoms with Gasteiger partial charge in [0.2, 0.25) is 0 Å². The number of nitrogen functional groups attached to an aromatic ring is 1. The van der Waals surface area contributed by atoms with Gasteiger partial charge in [-0.2, -0.15) is 5.26 Å². The fraction of sp³-hybridized carbons (Fsp3) is 0.267. The van der Waals surface area contributed by atoms with Crippen molar-refractivity contribution >= 4 is 33.0 Å². The van der Waals surface area contributed by atoms with Crippen molar-refractivity contribution in [2.75, 3.05) is 5.73 Å². The Hall–Kier alpha value is -1.31. The zero-order chi connectivity index (χ0) is 14.0. The molecule has 0 saturated carbocycles. The van der Waals surface area contributed by atoms with E-state index in [0.717, 1.165) is 33.3 Å². The van der Waals surface area contributed by atoms with Crippen LogP contribution in [0, 0.1) is 18.3 Å². The second-order valence-corrected chi connectivity index (χ2v) is 6.30. The van der Waals surface area contributed by atoms with E-state index in [2.05, 4.69) is 41.9 Å². The van der Waals surface area contributed by atoms with E-state index in [1.165, 1.54) is 16.9 Å². The highest BCUT2D eigenvalue weighted by Gasteiger charge is 2.18. The maximum Gasteiger partial charge on any atom is 0.128 e. The monoisotopic (exact) mass is 334 g/mol. The van der Waals surface area contributed by atoms with Gasteiger partial charge in [0.1, 0.15) is 10.9 Å². The molecular formula is C15H15BrN2S. The first-order valence-corrected chi connectivity index (χ1v) is 7.77. The molecule has 1 aromatic carbocycles. The molecule has 19 heavy (non-hydrogen) atoms. The Balaban J connectivity index is 2.68. The quantitative estimate of drug-likeness (QED) is 0.868. The summed E-state index contributed by atoms with van der Waals surface area (Å²) in [4.78, 5) is 1.76. The van der Waals surface area contributed by atoms with Gasteiger partial charge >= 0.3 is 0 Å². The van der Waals surface area contributed by atoms with Crippen LogP contribution in [0.4, 0.5) is 5.69 Å². The summed E-state index contributed by atoms with van der Waals surface area (Å²) in [6, 6.07) is 8.34. The predicted molar refractivity (Wildman–Crippen MR) is 85.3 cm³/mol. The molecule has 2 rings (SSSR count). The minimum atomic E-state index is 0.623. The van der Waals surface area contributed by atoms with E-state index < -0.39 is 0 Å². The number of rotatable bonds is 3. The first-order valence-electron chi connectivity index (χ1n) is 6.16. The molecule has 1 heterocycles. The van der Waals surface area contributed by atoms with Crippen LogP contribution in [0.3, 0.4) is 0 Å². The highest BCUT2D eigenvalue weighted by atomic mass is 79.9. The van der Waals surface area contributed by atoms with Crippen LogP contribution in [0.15, 0.2) is 22.7 Å². The number of nitrogens with two attached hydrogens (primary N) is 1. The largest absolute Gasteiger partial charge is 0.397 e. The summed E-state index contributed by atoms with van der Waals surface area (Å²) < 4.78 is 1.08. The molecule has 0 saturated heterocycles. The molecule has 2 nitrogen and oxygen atoms in total. The summed E-state index contributed by atoms with van der Waals surface area (Å²) in [7, 11) is 0. The summed E-state index contributed by atoms with van der Waals surface area (Å²) >= 11 is 5.05. The van der Waals surface area contributed by atoms with Crippen LogP contribution in [-0.2, 0) is 6.42 Å². The minimum Gasteiger partial charge on any atom is -0.397 e. The van der Waals surface area contributed by atoms with Gasteiger partial charge in [0.15, 0.2) is 0 Å². The lowest BCUT2D eigenvalue weighted by Gasteiger charge is -2.08. The molecule has 0 aliphatic heterocycles. The highest BCUT2D eigenvalue weighted by Crippen LogP contribution is 2.41. The first kappa shape index (κ1) is 14.1. The molecule has 0 aliphatic rings. The molecular weight excluding hydrogens is 320 g/mol. The van der Waals surface area contributed by atoms with Crippen LogP contribution in [0.1, 0.15) is 29.3 Å². The molecule has 0 spiro atoms. The zero-order valence-corrected chi connectivity index (χ0v) is 13.4. The lowest BCUT2D eigenvalue weighted by molar-refractivity contribution is 0.929. The number of hydrogen-bond acceptors (Lipinski definition) is 3.